The fraction of sp³-hybridized carbons (Fsp3) is 0.517. The van der Waals surface area contributed by atoms with Gasteiger partial charge in [0.25, 0.3) is 0 Å². The van der Waals surface area contributed by atoms with Gasteiger partial charge in [0.05, 0.1) is 24.2 Å². The highest BCUT2D eigenvalue weighted by Crippen LogP contribution is 2.42. The van der Waals surface area contributed by atoms with Gasteiger partial charge < -0.3 is 19.9 Å². The maximum Gasteiger partial charge on any atom is 0.303 e. The predicted molar refractivity (Wildman–Crippen MR) is 145 cm³/mol. The van der Waals surface area contributed by atoms with Crippen molar-refractivity contribution in [1.29, 1.82) is 0 Å². The number of likely N-dealkylation sites (tertiary alicyclic amines) is 1. The van der Waals surface area contributed by atoms with Gasteiger partial charge >= 0.3 is 5.92 Å². The summed E-state index contributed by atoms with van der Waals surface area (Å²) in [6.07, 6.45) is 2.20. The number of aliphatic hydroxyl groups is 1. The Balaban J connectivity index is 1.68. The maximum absolute atomic E-state index is 15.4. The molecule has 0 bridgehead atoms. The average Bonchev–Trinajstić information content (AvgIpc) is 3.33. The normalized spacial score (nSPS) is 17.4. The number of methoxy groups -OCH3 is 1. The Morgan fingerprint density at radius 2 is 1.95 bits per heavy atom. The number of halogens is 3. The van der Waals surface area contributed by atoms with E-state index in [4.69, 9.17) is 9.47 Å². The SMILES string of the molecule is CCN1CCC[C@H]1COc1cc2c(N[C@H](C)c3cccc(C(F)(F)C(C)(C)O)c3F)nc(C)nc2cc1OC. The molecule has 7 nitrogen and oxygen atoms in total. The lowest BCUT2D eigenvalue weighted by atomic mass is 9.91. The minimum absolute atomic E-state index is 0.0201. The summed E-state index contributed by atoms with van der Waals surface area (Å²) in [6, 6.07) is 6.94. The number of hydrogen-bond donors (Lipinski definition) is 2. The second-order valence-electron chi connectivity index (χ2n) is 10.6. The van der Waals surface area contributed by atoms with Crippen molar-refractivity contribution in [3.8, 4) is 11.5 Å². The van der Waals surface area contributed by atoms with Gasteiger partial charge in [-0.2, -0.15) is 8.78 Å². The Kier molecular flexibility index (Phi) is 8.28. The lowest BCUT2D eigenvalue weighted by Gasteiger charge is -2.30. The van der Waals surface area contributed by atoms with E-state index in [0.717, 1.165) is 45.8 Å². The first-order valence-corrected chi connectivity index (χ1v) is 13.3. The number of nitrogens with zero attached hydrogens (tertiary/aromatic N) is 3. The van der Waals surface area contributed by atoms with Gasteiger partial charge in [-0.05, 0) is 65.8 Å². The average molecular weight is 547 g/mol. The first-order chi connectivity index (χ1) is 18.4. The number of likely N-dealkylation sites (N-methyl/N-ethyl adjacent to an activating group) is 1. The van der Waals surface area contributed by atoms with Gasteiger partial charge in [0.1, 0.15) is 29.7 Å². The highest BCUT2D eigenvalue weighted by molar-refractivity contribution is 5.92. The van der Waals surface area contributed by atoms with Crippen molar-refractivity contribution >= 4 is 16.7 Å². The molecular weight excluding hydrogens is 509 g/mol. The summed E-state index contributed by atoms with van der Waals surface area (Å²) >= 11 is 0. The summed E-state index contributed by atoms with van der Waals surface area (Å²) < 4.78 is 56.9. The summed E-state index contributed by atoms with van der Waals surface area (Å²) in [6.45, 7) is 9.96. The maximum atomic E-state index is 15.4. The zero-order valence-corrected chi connectivity index (χ0v) is 23.3. The highest BCUT2D eigenvalue weighted by atomic mass is 19.3. The van der Waals surface area contributed by atoms with E-state index < -0.39 is 28.9 Å². The largest absolute Gasteiger partial charge is 0.493 e. The molecule has 39 heavy (non-hydrogen) atoms. The molecule has 4 rings (SSSR count). The Morgan fingerprint density at radius 3 is 2.62 bits per heavy atom. The number of fused-ring (bicyclic) bond motifs is 1. The molecule has 0 unspecified atom stereocenters. The van der Waals surface area contributed by atoms with Gasteiger partial charge in [0, 0.05) is 23.1 Å². The Bertz CT molecular complexity index is 1330. The van der Waals surface area contributed by atoms with E-state index in [0.29, 0.717) is 46.7 Å². The van der Waals surface area contributed by atoms with Crippen molar-refractivity contribution in [2.75, 3.05) is 32.1 Å². The fourth-order valence-electron chi connectivity index (χ4n) is 5.06. The Labute approximate surface area is 227 Å². The zero-order valence-electron chi connectivity index (χ0n) is 23.3. The second kappa shape index (κ2) is 11.2. The summed E-state index contributed by atoms with van der Waals surface area (Å²) in [5.74, 6) is -2.92. The predicted octanol–water partition coefficient (Wildman–Crippen LogP) is 5.98. The second-order valence-corrected chi connectivity index (χ2v) is 10.6. The highest BCUT2D eigenvalue weighted by Gasteiger charge is 2.49. The van der Waals surface area contributed by atoms with Crippen molar-refractivity contribution in [3.05, 3.63) is 53.1 Å². The van der Waals surface area contributed by atoms with Crippen LogP contribution in [0.1, 0.15) is 63.5 Å². The molecule has 3 aromatic rings. The first kappa shape index (κ1) is 28.9. The molecule has 212 valence electrons. The number of nitrogens with one attached hydrogen (secondary N) is 1. The van der Waals surface area contributed by atoms with Crippen LogP contribution in [0.5, 0.6) is 11.5 Å². The van der Waals surface area contributed by atoms with Crippen LogP contribution in [0.2, 0.25) is 0 Å². The van der Waals surface area contributed by atoms with Gasteiger partial charge in [0.2, 0.25) is 0 Å². The number of ether oxygens (including phenoxy) is 2. The first-order valence-electron chi connectivity index (χ1n) is 13.3. The summed E-state index contributed by atoms with van der Waals surface area (Å²) in [5, 5.41) is 13.8. The molecule has 0 spiro atoms. The minimum Gasteiger partial charge on any atom is -0.493 e. The van der Waals surface area contributed by atoms with Crippen molar-refractivity contribution < 1.29 is 27.8 Å². The minimum atomic E-state index is -3.79. The molecule has 0 saturated carbocycles. The van der Waals surface area contributed by atoms with Gasteiger partial charge in [0.15, 0.2) is 11.5 Å². The Morgan fingerprint density at radius 1 is 1.21 bits per heavy atom. The van der Waals surface area contributed by atoms with E-state index in [1.807, 2.05) is 0 Å². The van der Waals surface area contributed by atoms with Crippen LogP contribution in [0, 0.1) is 12.7 Å². The third-order valence-electron chi connectivity index (χ3n) is 7.38. The number of rotatable bonds is 10. The molecule has 0 amide bonds. The molecule has 2 N–H and O–H groups in total. The summed E-state index contributed by atoms with van der Waals surface area (Å²) in [4.78, 5) is 11.4. The summed E-state index contributed by atoms with van der Waals surface area (Å²) in [5.41, 5.74) is -2.68. The zero-order chi connectivity index (χ0) is 28.5. The summed E-state index contributed by atoms with van der Waals surface area (Å²) in [7, 11) is 1.57. The van der Waals surface area contributed by atoms with E-state index in [1.54, 1.807) is 33.1 Å². The number of hydrogen-bond acceptors (Lipinski definition) is 7. The fourth-order valence-corrected chi connectivity index (χ4v) is 5.06. The standard InChI is InChI=1S/C29H37F3N4O3/c1-7-36-13-9-10-19(36)16-39-25-14-21-23(15-24(25)38-6)34-18(3)35-27(21)33-17(2)20-11-8-12-22(26(20)30)29(31,32)28(4,5)37/h8,11-12,14-15,17,19,37H,7,9-10,13,16H2,1-6H3,(H,33,34,35)/t17-,19+/m1/s1. The van der Waals surface area contributed by atoms with Crippen LogP contribution in [-0.2, 0) is 5.92 Å². The number of aromatic nitrogens is 2. The van der Waals surface area contributed by atoms with Crippen LogP contribution in [0.4, 0.5) is 19.0 Å². The third-order valence-corrected chi connectivity index (χ3v) is 7.38. The molecular formula is C29H37F3N4O3. The number of anilines is 1. The number of alkyl halides is 2. The molecule has 1 aromatic heterocycles. The molecule has 2 heterocycles. The number of aryl methyl sites for hydroxylation is 1. The molecule has 1 fully saturated rings. The van der Waals surface area contributed by atoms with Crippen molar-refractivity contribution in [2.24, 2.45) is 0 Å². The van der Waals surface area contributed by atoms with Crippen LogP contribution in [0.15, 0.2) is 30.3 Å². The lowest BCUT2D eigenvalue weighted by Crippen LogP contribution is -2.41. The quantitative estimate of drug-likeness (QED) is 0.324. The molecule has 0 aliphatic carbocycles. The van der Waals surface area contributed by atoms with Crippen molar-refractivity contribution in [1.82, 2.24) is 14.9 Å². The van der Waals surface area contributed by atoms with E-state index in [1.165, 1.54) is 12.1 Å². The van der Waals surface area contributed by atoms with E-state index in [-0.39, 0.29) is 5.56 Å². The molecule has 10 heteroatoms. The van der Waals surface area contributed by atoms with E-state index in [2.05, 4.69) is 27.1 Å². The van der Waals surface area contributed by atoms with Crippen molar-refractivity contribution in [2.45, 2.75) is 71.1 Å². The van der Waals surface area contributed by atoms with E-state index in [9.17, 15) is 13.9 Å². The number of benzene rings is 2. The van der Waals surface area contributed by atoms with Gasteiger partial charge in [-0.1, -0.05) is 19.1 Å². The molecule has 1 saturated heterocycles. The van der Waals surface area contributed by atoms with Crippen LogP contribution in [0.25, 0.3) is 10.9 Å². The smallest absolute Gasteiger partial charge is 0.303 e. The molecule has 2 aromatic carbocycles. The van der Waals surface area contributed by atoms with Gasteiger partial charge in [-0.3, -0.25) is 4.90 Å². The van der Waals surface area contributed by atoms with Gasteiger partial charge in [-0.25, -0.2) is 14.4 Å². The van der Waals surface area contributed by atoms with E-state index >= 15 is 4.39 Å². The van der Waals surface area contributed by atoms with Crippen molar-refractivity contribution in [3.63, 3.8) is 0 Å². The molecule has 2 atom stereocenters. The van der Waals surface area contributed by atoms with Crippen LogP contribution in [-0.4, -0.2) is 58.4 Å². The van der Waals surface area contributed by atoms with Crippen LogP contribution >= 0.6 is 0 Å². The molecule has 1 aliphatic heterocycles. The van der Waals surface area contributed by atoms with Crippen LogP contribution in [0.3, 0.4) is 0 Å². The van der Waals surface area contributed by atoms with Crippen LogP contribution < -0.4 is 14.8 Å². The molecule has 0 radical (unpaired) electrons. The monoisotopic (exact) mass is 546 g/mol. The van der Waals surface area contributed by atoms with Gasteiger partial charge in [-0.15, -0.1) is 0 Å². The lowest BCUT2D eigenvalue weighted by molar-refractivity contribution is -0.170. The Hall–Kier alpha value is -3.11. The topological polar surface area (TPSA) is 79.7 Å². The molecule has 1 aliphatic rings. The third kappa shape index (κ3) is 5.77.